The number of rotatable bonds is 6. The van der Waals surface area contributed by atoms with E-state index in [-0.39, 0.29) is 5.91 Å². The maximum Gasteiger partial charge on any atom is 0.262 e. The Morgan fingerprint density at radius 2 is 1.88 bits per heavy atom. The maximum absolute atomic E-state index is 12.2. The summed E-state index contributed by atoms with van der Waals surface area (Å²) in [6.45, 7) is 1.71. The third-order valence-corrected chi connectivity index (χ3v) is 4.87. The van der Waals surface area contributed by atoms with Crippen LogP contribution in [0, 0.1) is 0 Å². The van der Waals surface area contributed by atoms with Crippen molar-refractivity contribution >= 4 is 29.4 Å². The van der Waals surface area contributed by atoms with Crippen LogP contribution in [-0.4, -0.2) is 38.1 Å². The number of nitrogens with one attached hydrogen (secondary N) is 1. The molecule has 0 unspecified atom stereocenters. The first-order valence-corrected chi connectivity index (χ1v) is 9.11. The van der Waals surface area contributed by atoms with E-state index in [9.17, 15) is 4.79 Å². The predicted octanol–water partition coefficient (Wildman–Crippen LogP) is 4.10. The van der Waals surface area contributed by atoms with Gasteiger partial charge in [-0.15, -0.1) is 0 Å². The van der Waals surface area contributed by atoms with Crippen molar-refractivity contribution in [3.8, 4) is 5.75 Å². The normalized spacial score (nSPS) is 15.2. The molecule has 1 aliphatic rings. The van der Waals surface area contributed by atoms with E-state index in [4.69, 9.17) is 4.74 Å². The molecule has 0 spiro atoms. The smallest absolute Gasteiger partial charge is 0.262 e. The Bertz CT molecular complexity index is 770. The monoisotopic (exact) mass is 354 g/mol. The van der Waals surface area contributed by atoms with E-state index in [0.717, 1.165) is 34.9 Å². The summed E-state index contributed by atoms with van der Waals surface area (Å²) in [5, 5.41) is 2.93. The van der Waals surface area contributed by atoms with Crippen LogP contribution in [0.25, 0.3) is 6.08 Å². The van der Waals surface area contributed by atoms with Crippen LogP contribution in [0.4, 0.5) is 5.69 Å². The first kappa shape index (κ1) is 17.6. The van der Waals surface area contributed by atoms with Crippen molar-refractivity contribution in [2.45, 2.75) is 11.3 Å². The lowest BCUT2D eigenvalue weighted by molar-refractivity contribution is -0.112. The molecule has 2 aromatic rings. The van der Waals surface area contributed by atoms with Crippen molar-refractivity contribution < 1.29 is 9.53 Å². The molecule has 0 fully saturated rings. The Morgan fingerprint density at radius 3 is 2.64 bits per heavy atom. The maximum atomic E-state index is 12.2. The lowest BCUT2D eigenvalue weighted by atomic mass is 10.2. The number of nitrogens with zero attached hydrogens (tertiary/aromatic N) is 1. The Kier molecular flexibility index (Phi) is 5.79. The number of thioether (sulfide) groups is 1. The number of ether oxygens (including phenoxy) is 1. The zero-order valence-electron chi connectivity index (χ0n) is 14.5. The molecule has 5 heteroatoms. The second-order valence-electron chi connectivity index (χ2n) is 6.14. The molecule has 3 rings (SSSR count). The lowest BCUT2D eigenvalue weighted by Crippen LogP contribution is -2.17. The van der Waals surface area contributed by atoms with Crippen LogP contribution in [0.15, 0.2) is 58.3 Å². The molecule has 2 aromatic carbocycles. The molecule has 1 heterocycles. The van der Waals surface area contributed by atoms with Crippen LogP contribution >= 0.6 is 11.8 Å². The summed E-state index contributed by atoms with van der Waals surface area (Å²) in [5.74, 6) is 0.791. The summed E-state index contributed by atoms with van der Waals surface area (Å²) in [6.07, 6.45) is 2.90. The first-order valence-electron chi connectivity index (χ1n) is 8.29. The van der Waals surface area contributed by atoms with Gasteiger partial charge >= 0.3 is 0 Å². The first-order chi connectivity index (χ1) is 12.1. The number of para-hydroxylation sites is 1. The Balaban J connectivity index is 1.63. The number of hydrogen-bond acceptors (Lipinski definition) is 4. The van der Waals surface area contributed by atoms with Gasteiger partial charge in [0.15, 0.2) is 0 Å². The fourth-order valence-electron chi connectivity index (χ4n) is 2.49. The van der Waals surface area contributed by atoms with Crippen molar-refractivity contribution in [1.82, 2.24) is 4.90 Å². The van der Waals surface area contributed by atoms with Crippen molar-refractivity contribution in [1.29, 1.82) is 0 Å². The lowest BCUT2D eigenvalue weighted by Gasteiger charge is -2.18. The van der Waals surface area contributed by atoms with Crippen LogP contribution in [-0.2, 0) is 4.79 Å². The number of amides is 1. The van der Waals surface area contributed by atoms with E-state index in [1.165, 1.54) is 11.8 Å². The molecule has 1 N–H and O–H groups in total. The minimum absolute atomic E-state index is 0.0623. The number of fused-ring (bicyclic) bond motifs is 1. The largest absolute Gasteiger partial charge is 0.494 e. The molecule has 25 heavy (non-hydrogen) atoms. The molecule has 130 valence electrons. The van der Waals surface area contributed by atoms with Gasteiger partial charge in [0.25, 0.3) is 5.91 Å². The van der Waals surface area contributed by atoms with Crippen LogP contribution < -0.4 is 10.1 Å². The minimum atomic E-state index is -0.0623. The van der Waals surface area contributed by atoms with Gasteiger partial charge in [-0.3, -0.25) is 4.79 Å². The Labute approximate surface area is 152 Å². The van der Waals surface area contributed by atoms with Gasteiger partial charge in [0.1, 0.15) is 5.75 Å². The van der Waals surface area contributed by atoms with Gasteiger partial charge in [0.2, 0.25) is 0 Å². The van der Waals surface area contributed by atoms with Gasteiger partial charge in [-0.05, 0) is 56.4 Å². The zero-order valence-corrected chi connectivity index (χ0v) is 15.3. The third-order valence-electron chi connectivity index (χ3n) is 3.78. The molecule has 0 bridgehead atoms. The molecular weight excluding hydrogens is 332 g/mol. The Morgan fingerprint density at radius 1 is 1.12 bits per heavy atom. The van der Waals surface area contributed by atoms with Crippen LogP contribution in [0.3, 0.4) is 0 Å². The SMILES string of the molecule is CN(C)CCCOc1ccc(/C=C2\Sc3ccccc3NC2=O)cc1. The van der Waals surface area contributed by atoms with E-state index in [0.29, 0.717) is 11.5 Å². The third kappa shape index (κ3) is 4.87. The quantitative estimate of drug-likeness (QED) is 0.626. The van der Waals surface area contributed by atoms with Crippen molar-refractivity contribution in [2.75, 3.05) is 32.6 Å². The fourth-order valence-corrected chi connectivity index (χ4v) is 3.44. The summed E-state index contributed by atoms with van der Waals surface area (Å²) in [4.78, 5) is 16.1. The van der Waals surface area contributed by atoms with Crippen LogP contribution in [0.2, 0.25) is 0 Å². The van der Waals surface area contributed by atoms with E-state index in [2.05, 4.69) is 24.3 Å². The molecule has 0 radical (unpaired) electrons. The zero-order chi connectivity index (χ0) is 17.6. The number of hydrogen-bond donors (Lipinski definition) is 1. The fraction of sp³-hybridized carbons (Fsp3) is 0.250. The number of carbonyl (C=O) groups excluding carboxylic acids is 1. The van der Waals surface area contributed by atoms with Crippen LogP contribution in [0.5, 0.6) is 5.75 Å². The molecule has 0 saturated carbocycles. The average Bonchev–Trinajstić information content (AvgIpc) is 2.60. The summed E-state index contributed by atoms with van der Waals surface area (Å²) in [6, 6.07) is 15.7. The van der Waals surface area contributed by atoms with Crippen molar-refractivity contribution in [3.63, 3.8) is 0 Å². The molecule has 1 aliphatic heterocycles. The van der Waals surface area contributed by atoms with Gasteiger partial charge in [-0.1, -0.05) is 36.0 Å². The number of carbonyl (C=O) groups is 1. The van der Waals surface area contributed by atoms with Crippen molar-refractivity contribution in [3.05, 3.63) is 59.0 Å². The summed E-state index contributed by atoms with van der Waals surface area (Å²) < 4.78 is 5.74. The van der Waals surface area contributed by atoms with Gasteiger partial charge in [-0.25, -0.2) is 0 Å². The topological polar surface area (TPSA) is 41.6 Å². The number of benzene rings is 2. The second-order valence-corrected chi connectivity index (χ2v) is 7.22. The van der Waals surface area contributed by atoms with E-state index in [1.807, 2.05) is 54.6 Å². The average molecular weight is 354 g/mol. The highest BCUT2D eigenvalue weighted by Crippen LogP contribution is 2.38. The molecule has 4 nitrogen and oxygen atoms in total. The van der Waals surface area contributed by atoms with Gasteiger partial charge in [0, 0.05) is 11.4 Å². The summed E-state index contributed by atoms with van der Waals surface area (Å²) in [7, 11) is 4.11. The van der Waals surface area contributed by atoms with Gasteiger partial charge in [-0.2, -0.15) is 0 Å². The standard InChI is InChI=1S/C20H22N2O2S/c1-22(2)12-5-13-24-16-10-8-15(9-11-16)14-19-20(23)21-17-6-3-4-7-18(17)25-19/h3-4,6-11,14H,5,12-13H2,1-2H3,(H,21,23)/b19-14-. The van der Waals surface area contributed by atoms with Gasteiger partial charge in [0.05, 0.1) is 17.2 Å². The predicted molar refractivity (Wildman–Crippen MR) is 104 cm³/mol. The molecule has 0 atom stereocenters. The molecule has 0 saturated heterocycles. The molecule has 0 aliphatic carbocycles. The molecular formula is C20H22N2O2S. The summed E-state index contributed by atoms with van der Waals surface area (Å²) in [5.41, 5.74) is 1.86. The molecule has 0 aromatic heterocycles. The van der Waals surface area contributed by atoms with Gasteiger partial charge < -0.3 is 15.0 Å². The second kappa shape index (κ2) is 8.23. The highest BCUT2D eigenvalue weighted by atomic mass is 32.2. The summed E-state index contributed by atoms with van der Waals surface area (Å²) >= 11 is 1.50. The van der Waals surface area contributed by atoms with E-state index < -0.39 is 0 Å². The Hall–Kier alpha value is -2.24. The molecule has 1 amide bonds. The van der Waals surface area contributed by atoms with E-state index in [1.54, 1.807) is 0 Å². The highest BCUT2D eigenvalue weighted by Gasteiger charge is 2.20. The highest BCUT2D eigenvalue weighted by molar-refractivity contribution is 8.04. The van der Waals surface area contributed by atoms with Crippen LogP contribution in [0.1, 0.15) is 12.0 Å². The van der Waals surface area contributed by atoms with E-state index >= 15 is 0 Å². The minimum Gasteiger partial charge on any atom is -0.494 e. The number of anilines is 1. The van der Waals surface area contributed by atoms with Crippen molar-refractivity contribution in [2.24, 2.45) is 0 Å².